The first-order valence-electron chi connectivity index (χ1n) is 16.8. The van der Waals surface area contributed by atoms with Gasteiger partial charge < -0.3 is 51.7 Å². The maximum Gasteiger partial charge on any atom is 0.357 e. The van der Waals surface area contributed by atoms with Crippen molar-refractivity contribution >= 4 is 59.9 Å². The summed E-state index contributed by atoms with van der Waals surface area (Å²) in [5.41, 5.74) is 11.0. The van der Waals surface area contributed by atoms with E-state index < -0.39 is 98.1 Å². The van der Waals surface area contributed by atoms with E-state index in [0.717, 1.165) is 6.08 Å². The molecule has 57 heavy (non-hydrogen) atoms. The molecule has 0 saturated carbocycles. The minimum atomic E-state index is -4.64. The van der Waals surface area contributed by atoms with Crippen LogP contribution >= 0.6 is 7.60 Å². The first-order valence-corrected chi connectivity index (χ1v) is 18.6. The van der Waals surface area contributed by atoms with Crippen molar-refractivity contribution in [1.29, 1.82) is 0 Å². The molecule has 2 aliphatic heterocycles. The van der Waals surface area contributed by atoms with Crippen LogP contribution in [0.1, 0.15) is 28.9 Å². The molecule has 306 valence electrons. The third-order valence-electron chi connectivity index (χ3n) is 9.07. The van der Waals surface area contributed by atoms with Gasteiger partial charge in [0.1, 0.15) is 30.5 Å². The number of amides is 3. The maximum absolute atomic E-state index is 14.1. The number of nitrogens with one attached hydrogen (secondary N) is 3. The Labute approximate surface area is 320 Å². The number of benzene rings is 1. The van der Waals surface area contributed by atoms with Crippen molar-refractivity contribution in [3.05, 3.63) is 70.2 Å². The third-order valence-corrected chi connectivity index (χ3v) is 10.1. The average Bonchev–Trinajstić information content (AvgIpc) is 3.70. The molecule has 4 heterocycles. The van der Waals surface area contributed by atoms with Crippen molar-refractivity contribution in [2.45, 2.75) is 62.1 Å². The van der Waals surface area contributed by atoms with Crippen molar-refractivity contribution in [3.8, 4) is 0 Å². The Morgan fingerprint density at radius 2 is 1.81 bits per heavy atom. The van der Waals surface area contributed by atoms with Gasteiger partial charge in [-0.2, -0.15) is 4.67 Å². The summed E-state index contributed by atoms with van der Waals surface area (Å²) in [4.78, 5) is 97.4. The molecule has 25 heteroatoms. The number of carboxylic acid groups (broad SMARTS) is 2. The minimum absolute atomic E-state index is 0.0435. The number of carbonyl (C=O) groups excluding carboxylic acids is 3. The fourth-order valence-corrected chi connectivity index (χ4v) is 7.07. The molecule has 1 aromatic carbocycles. The monoisotopic (exact) mass is 819 g/mol. The van der Waals surface area contributed by atoms with E-state index >= 15 is 0 Å². The first kappa shape index (κ1) is 42.5. The Kier molecular flexibility index (Phi) is 13.1. The zero-order valence-electron chi connectivity index (χ0n) is 29.4. The highest BCUT2D eigenvalue weighted by molar-refractivity contribution is 7.52. The molecule has 0 bridgehead atoms. The number of nitrogens with zero attached hydrogens (tertiary/aromatic N) is 4. The summed E-state index contributed by atoms with van der Waals surface area (Å²) in [6.45, 7) is -0.491. The van der Waals surface area contributed by atoms with Gasteiger partial charge in [-0.25, -0.2) is 20.0 Å². The smallest absolute Gasteiger partial charge is 0.357 e. The van der Waals surface area contributed by atoms with Gasteiger partial charge in [0.2, 0.25) is 11.9 Å². The number of pyridine rings is 1. The number of aromatic amines is 1. The molecule has 0 radical (unpaired) electrons. The lowest BCUT2D eigenvalue weighted by Crippen LogP contribution is -2.50. The normalized spacial score (nSPS) is 23.9. The number of carbonyl (C=O) groups is 5. The average molecular weight is 820 g/mol. The van der Waals surface area contributed by atoms with Gasteiger partial charge in [0.05, 0.1) is 42.7 Å². The molecule has 24 nitrogen and oxygen atoms in total. The summed E-state index contributed by atoms with van der Waals surface area (Å²) >= 11 is 0. The Morgan fingerprint density at radius 3 is 2.44 bits per heavy atom. The summed E-state index contributed by atoms with van der Waals surface area (Å²) in [6.07, 6.45) is -5.87. The van der Waals surface area contributed by atoms with E-state index in [-0.39, 0.29) is 53.6 Å². The van der Waals surface area contributed by atoms with E-state index in [1.165, 1.54) is 52.3 Å². The second-order valence-electron chi connectivity index (χ2n) is 12.9. The molecule has 5 rings (SSSR count). The van der Waals surface area contributed by atoms with Crippen molar-refractivity contribution in [2.75, 3.05) is 23.5 Å². The van der Waals surface area contributed by atoms with Gasteiger partial charge >= 0.3 is 19.5 Å². The number of aromatic nitrogens is 3. The summed E-state index contributed by atoms with van der Waals surface area (Å²) in [5.74, 6) is -5.34. The summed E-state index contributed by atoms with van der Waals surface area (Å²) in [5, 5.41) is 53.6. The van der Waals surface area contributed by atoms with E-state index in [0.29, 0.717) is 0 Å². The molecule has 0 spiro atoms. The number of primary amides is 1. The van der Waals surface area contributed by atoms with E-state index in [1.807, 2.05) is 0 Å². The Balaban J connectivity index is 1.45. The molecule has 7 unspecified atom stereocenters. The maximum atomic E-state index is 14.1. The number of nitrogen functional groups attached to an aromatic ring is 1. The standard InChI is InChI=1S/C32H38N9O15P/c33-27(47)24-19(41(13-35-24)30-26(46)25(45)20(55-30)12-57(53,54)56-52)8-9-21(42)40(11-15-3-6-17-23(36-15)29(49)39-32(34)38-17)16-4-1-14(2-5-16)28(48)37-18(31(50)51)7-10-22(43)44/h1-6,8-9,18-20,24-26,30,35,45-46,52H,7,10-13H2,(H2,33,47)(H,37,48)(H,43,44)(H,50,51)(H,53,54)(H3,34,38,39,49)/b9-8+/t18-,19?,20?,24?,25?,26?,30?/m0/s1. The summed E-state index contributed by atoms with van der Waals surface area (Å²) < 4.78 is 21.2. The van der Waals surface area contributed by atoms with E-state index in [9.17, 15) is 53.5 Å². The van der Waals surface area contributed by atoms with E-state index in [4.69, 9.17) is 26.6 Å². The highest BCUT2D eigenvalue weighted by Crippen LogP contribution is 2.44. The van der Waals surface area contributed by atoms with Crippen LogP contribution in [0.4, 0.5) is 11.6 Å². The Morgan fingerprint density at radius 1 is 1.11 bits per heavy atom. The SMILES string of the molecule is NC(=O)C1NCN(C2OC(CP(=O)(O)OO)C(O)C2O)C1/C=C/C(=O)N(Cc1ccc2nc(N)[nH]c(=O)c2n1)c1ccc(C(=O)N[C@@H](CCC(=O)O)C(=O)O)cc1. The fourth-order valence-electron chi connectivity index (χ4n) is 6.25. The van der Waals surface area contributed by atoms with Crippen molar-refractivity contribution in [2.24, 2.45) is 5.73 Å². The molecule has 2 aromatic heterocycles. The highest BCUT2D eigenvalue weighted by Gasteiger charge is 2.52. The molecule has 0 aliphatic carbocycles. The predicted molar refractivity (Wildman–Crippen MR) is 193 cm³/mol. The van der Waals surface area contributed by atoms with Crippen LogP contribution in [-0.4, -0.2) is 136 Å². The Bertz CT molecular complexity index is 2170. The second kappa shape index (κ2) is 17.6. The molecule has 2 aliphatic rings. The van der Waals surface area contributed by atoms with Crippen LogP contribution in [0.25, 0.3) is 11.0 Å². The van der Waals surface area contributed by atoms with Crippen LogP contribution in [-0.2, 0) is 39.7 Å². The van der Waals surface area contributed by atoms with Crippen LogP contribution in [0.2, 0.25) is 0 Å². The quantitative estimate of drug-likeness (QED) is 0.0302. The van der Waals surface area contributed by atoms with Crippen molar-refractivity contribution in [3.63, 3.8) is 0 Å². The lowest BCUT2D eigenvalue weighted by Gasteiger charge is -2.30. The van der Waals surface area contributed by atoms with Crippen molar-refractivity contribution < 1.29 is 68.5 Å². The van der Waals surface area contributed by atoms with Gasteiger partial charge in [0, 0.05) is 23.7 Å². The number of rotatable bonds is 16. The number of H-pyrrole nitrogens is 1. The molecule has 3 aromatic rings. The first-order chi connectivity index (χ1) is 26.9. The van der Waals surface area contributed by atoms with Crippen LogP contribution in [0.15, 0.2) is 53.3 Å². The highest BCUT2D eigenvalue weighted by atomic mass is 31.2. The van der Waals surface area contributed by atoms with Gasteiger partial charge in [-0.3, -0.25) is 43.7 Å². The molecule has 3 amide bonds. The molecule has 2 saturated heterocycles. The molecule has 2 fully saturated rings. The van der Waals surface area contributed by atoms with Gasteiger partial charge in [-0.15, -0.1) is 0 Å². The van der Waals surface area contributed by atoms with Crippen LogP contribution in [0.3, 0.4) is 0 Å². The number of aliphatic hydroxyl groups excluding tert-OH is 2. The molecular formula is C32H38N9O15P. The topological polar surface area (TPSA) is 383 Å². The summed E-state index contributed by atoms with van der Waals surface area (Å²) in [7, 11) is -4.64. The van der Waals surface area contributed by atoms with Gasteiger partial charge in [-0.1, -0.05) is 6.08 Å². The van der Waals surface area contributed by atoms with Crippen LogP contribution in [0, 0.1) is 0 Å². The van der Waals surface area contributed by atoms with E-state index in [1.54, 1.807) is 0 Å². The van der Waals surface area contributed by atoms with Crippen molar-refractivity contribution in [1.82, 2.24) is 30.5 Å². The number of ether oxygens (including phenoxy) is 1. The summed E-state index contributed by atoms with van der Waals surface area (Å²) in [6, 6.07) is 4.35. The number of nitrogens with two attached hydrogens (primary N) is 2. The Hall–Kier alpha value is -5.69. The minimum Gasteiger partial charge on any atom is -0.481 e. The fraction of sp³-hybridized carbons (Fsp3) is 0.375. The van der Waals surface area contributed by atoms with Gasteiger partial charge in [-0.05, 0) is 42.8 Å². The number of anilines is 2. The number of carboxylic acids is 2. The van der Waals surface area contributed by atoms with Crippen LogP contribution in [0.5, 0.6) is 0 Å². The number of fused-ring (bicyclic) bond motifs is 1. The lowest BCUT2D eigenvalue weighted by molar-refractivity contribution is -0.148. The van der Waals surface area contributed by atoms with Gasteiger partial charge in [0.15, 0.2) is 5.52 Å². The van der Waals surface area contributed by atoms with Gasteiger partial charge in [0.25, 0.3) is 17.4 Å². The van der Waals surface area contributed by atoms with E-state index in [2.05, 4.69) is 30.3 Å². The lowest BCUT2D eigenvalue weighted by atomic mass is 10.1. The molecule has 8 atom stereocenters. The second-order valence-corrected chi connectivity index (χ2v) is 14.7. The zero-order chi connectivity index (χ0) is 41.8. The number of hydrogen-bond acceptors (Lipinski definition) is 17. The van der Waals surface area contributed by atoms with Crippen LogP contribution < -0.4 is 32.6 Å². The molecule has 13 N–H and O–H groups in total. The number of aliphatic carboxylic acids is 2. The zero-order valence-corrected chi connectivity index (χ0v) is 30.3. The third kappa shape index (κ3) is 10.0. The number of aliphatic hydroxyl groups is 2. The molecular weight excluding hydrogens is 781 g/mol. The largest absolute Gasteiger partial charge is 0.481 e. The predicted octanol–water partition coefficient (Wildman–Crippen LogP) is -2.76. The number of hydrogen-bond donors (Lipinski definition) is 11.